The fourth-order valence-corrected chi connectivity index (χ4v) is 4.67. The van der Waals surface area contributed by atoms with Gasteiger partial charge in [-0.05, 0) is 18.4 Å². The summed E-state index contributed by atoms with van der Waals surface area (Å²) in [5.41, 5.74) is 1.47. The summed E-state index contributed by atoms with van der Waals surface area (Å²) >= 11 is 0. The normalized spacial score (nSPS) is 27.2. The Labute approximate surface area is 132 Å². The topological polar surface area (TPSA) is 13.0 Å². The van der Waals surface area contributed by atoms with Crippen LogP contribution < -0.4 is 0 Å². The maximum atomic E-state index is 2.70. The molecule has 4 aliphatic heterocycles. The van der Waals surface area contributed by atoms with Crippen LogP contribution in [0.15, 0.2) is 42.0 Å². The maximum absolute atomic E-state index is 2.70. The van der Waals surface area contributed by atoms with Crippen LogP contribution >= 0.6 is 0 Å². The fraction of sp³-hybridized carbons (Fsp3) is 0.556. The predicted octanol–water partition coefficient (Wildman–Crippen LogP) is 1.90. The van der Waals surface area contributed by atoms with Crippen LogP contribution in [-0.4, -0.2) is 65.4 Å². The highest BCUT2D eigenvalue weighted by Gasteiger charge is 2.43. The van der Waals surface area contributed by atoms with Gasteiger partial charge in [0, 0.05) is 45.8 Å². The van der Waals surface area contributed by atoms with Crippen molar-refractivity contribution in [2.24, 2.45) is 0 Å². The van der Waals surface area contributed by atoms with E-state index in [1.54, 1.807) is 0 Å². The van der Waals surface area contributed by atoms with E-state index in [1.807, 2.05) is 0 Å². The van der Waals surface area contributed by atoms with Crippen molar-refractivity contribution >= 4 is 0 Å². The summed E-state index contributed by atoms with van der Waals surface area (Å²) in [6.07, 6.45) is 2.60. The molecule has 4 heteroatoms. The van der Waals surface area contributed by atoms with Crippen molar-refractivity contribution in [1.29, 1.82) is 0 Å². The summed E-state index contributed by atoms with van der Waals surface area (Å²) in [5, 5.41) is 0. The van der Waals surface area contributed by atoms with Crippen molar-refractivity contribution in [3.8, 4) is 0 Å². The molecule has 2 fully saturated rings. The first kappa shape index (κ1) is 12.7. The molecule has 0 saturated carbocycles. The van der Waals surface area contributed by atoms with Crippen molar-refractivity contribution in [2.45, 2.75) is 18.9 Å². The summed E-state index contributed by atoms with van der Waals surface area (Å²) in [4.78, 5) is 10.6. The first-order chi connectivity index (χ1) is 10.9. The summed E-state index contributed by atoms with van der Waals surface area (Å²) in [6.45, 7) is 8.46. The van der Waals surface area contributed by atoms with Crippen LogP contribution in [0, 0.1) is 0 Å². The zero-order chi connectivity index (χ0) is 14.5. The lowest BCUT2D eigenvalue weighted by atomic mass is 9.98. The SMILES string of the molecule is c1ccc(C2CN3CCCN4CCN5CCCN2C5=C43)cc1. The van der Waals surface area contributed by atoms with E-state index >= 15 is 0 Å². The summed E-state index contributed by atoms with van der Waals surface area (Å²) in [6, 6.07) is 11.6. The van der Waals surface area contributed by atoms with Crippen molar-refractivity contribution < 1.29 is 0 Å². The number of hydrogen-bond donors (Lipinski definition) is 0. The average Bonchev–Trinajstić information content (AvgIpc) is 2.60. The lowest BCUT2D eigenvalue weighted by Gasteiger charge is -2.57. The molecular formula is C18H24N4. The maximum Gasteiger partial charge on any atom is 0.146 e. The van der Waals surface area contributed by atoms with Gasteiger partial charge in [0.25, 0.3) is 0 Å². The van der Waals surface area contributed by atoms with Gasteiger partial charge in [-0.1, -0.05) is 30.3 Å². The van der Waals surface area contributed by atoms with E-state index in [9.17, 15) is 0 Å². The van der Waals surface area contributed by atoms with Crippen molar-refractivity contribution in [1.82, 2.24) is 19.6 Å². The quantitative estimate of drug-likeness (QED) is 0.784. The molecule has 1 atom stereocenters. The number of hydrogen-bond acceptors (Lipinski definition) is 4. The molecule has 4 aliphatic rings. The van der Waals surface area contributed by atoms with E-state index in [0.29, 0.717) is 6.04 Å². The monoisotopic (exact) mass is 296 g/mol. The molecule has 0 aromatic heterocycles. The number of benzene rings is 1. The lowest BCUT2D eigenvalue weighted by molar-refractivity contribution is -0.00428. The molecule has 22 heavy (non-hydrogen) atoms. The Morgan fingerprint density at radius 2 is 1.36 bits per heavy atom. The molecule has 4 nitrogen and oxygen atoms in total. The third kappa shape index (κ3) is 1.76. The largest absolute Gasteiger partial charge is 0.353 e. The van der Waals surface area contributed by atoms with Crippen LogP contribution in [0.5, 0.6) is 0 Å². The van der Waals surface area contributed by atoms with Gasteiger partial charge in [0.1, 0.15) is 11.6 Å². The molecule has 1 aromatic carbocycles. The van der Waals surface area contributed by atoms with Crippen LogP contribution in [0.3, 0.4) is 0 Å². The third-order valence-electron chi connectivity index (χ3n) is 5.65. The molecule has 0 bridgehead atoms. The number of nitrogens with zero attached hydrogens (tertiary/aromatic N) is 4. The van der Waals surface area contributed by atoms with Gasteiger partial charge >= 0.3 is 0 Å². The van der Waals surface area contributed by atoms with E-state index in [1.165, 1.54) is 69.3 Å². The minimum absolute atomic E-state index is 0.515. The minimum Gasteiger partial charge on any atom is -0.353 e. The van der Waals surface area contributed by atoms with Crippen molar-refractivity contribution in [3.63, 3.8) is 0 Å². The molecule has 5 rings (SSSR count). The van der Waals surface area contributed by atoms with Gasteiger partial charge < -0.3 is 19.6 Å². The fourth-order valence-electron chi connectivity index (χ4n) is 4.67. The van der Waals surface area contributed by atoms with Gasteiger partial charge in [0.15, 0.2) is 0 Å². The van der Waals surface area contributed by atoms with Gasteiger partial charge in [-0.25, -0.2) is 0 Å². The molecule has 1 unspecified atom stereocenters. The van der Waals surface area contributed by atoms with Crippen LogP contribution in [0.25, 0.3) is 0 Å². The molecule has 0 N–H and O–H groups in total. The zero-order valence-electron chi connectivity index (χ0n) is 13.1. The molecule has 0 amide bonds. The second kappa shape index (κ2) is 4.83. The smallest absolute Gasteiger partial charge is 0.146 e. The highest BCUT2D eigenvalue weighted by Crippen LogP contribution is 2.41. The highest BCUT2D eigenvalue weighted by atomic mass is 15.5. The van der Waals surface area contributed by atoms with Gasteiger partial charge in [-0.15, -0.1) is 0 Å². The Kier molecular flexibility index (Phi) is 2.79. The summed E-state index contributed by atoms with van der Waals surface area (Å²) in [7, 11) is 0. The van der Waals surface area contributed by atoms with Crippen LogP contribution in [0.4, 0.5) is 0 Å². The summed E-state index contributed by atoms with van der Waals surface area (Å²) in [5.74, 6) is 3.06. The molecule has 0 spiro atoms. The van der Waals surface area contributed by atoms with Gasteiger partial charge in [-0.3, -0.25) is 0 Å². The molecule has 1 aromatic rings. The number of rotatable bonds is 1. The molecular weight excluding hydrogens is 272 g/mol. The Morgan fingerprint density at radius 1 is 0.682 bits per heavy atom. The summed E-state index contributed by atoms with van der Waals surface area (Å²) < 4.78 is 0. The molecule has 0 radical (unpaired) electrons. The second-order valence-electron chi connectivity index (χ2n) is 6.89. The van der Waals surface area contributed by atoms with E-state index in [2.05, 4.69) is 49.9 Å². The Bertz CT molecular complexity index is 596. The molecule has 2 saturated heterocycles. The molecule has 116 valence electrons. The minimum atomic E-state index is 0.515. The van der Waals surface area contributed by atoms with E-state index in [4.69, 9.17) is 0 Å². The zero-order valence-corrected chi connectivity index (χ0v) is 13.1. The first-order valence-electron chi connectivity index (χ1n) is 8.72. The lowest BCUT2D eigenvalue weighted by Crippen LogP contribution is -2.61. The first-order valence-corrected chi connectivity index (χ1v) is 8.72. The van der Waals surface area contributed by atoms with Crippen LogP contribution in [0.2, 0.25) is 0 Å². The van der Waals surface area contributed by atoms with Crippen molar-refractivity contribution in [2.75, 3.05) is 45.8 Å². The molecule has 4 heterocycles. The van der Waals surface area contributed by atoms with Crippen LogP contribution in [0.1, 0.15) is 24.4 Å². The van der Waals surface area contributed by atoms with Crippen LogP contribution in [-0.2, 0) is 0 Å². The standard InChI is InChI=1S/C18H24N4/c1-2-6-15(7-3-1)16-14-21-10-4-8-19-12-13-20-9-5-11-22(16)18(20)17(19)21/h1-3,6-7,16H,4-5,8-14H2. The van der Waals surface area contributed by atoms with E-state index < -0.39 is 0 Å². The van der Waals surface area contributed by atoms with E-state index in [-0.39, 0.29) is 0 Å². The van der Waals surface area contributed by atoms with Crippen molar-refractivity contribution in [3.05, 3.63) is 47.5 Å². The van der Waals surface area contributed by atoms with Gasteiger partial charge in [-0.2, -0.15) is 0 Å². The third-order valence-corrected chi connectivity index (χ3v) is 5.65. The second-order valence-corrected chi connectivity index (χ2v) is 6.89. The Morgan fingerprint density at radius 3 is 2.18 bits per heavy atom. The highest BCUT2D eigenvalue weighted by molar-refractivity contribution is 5.28. The van der Waals surface area contributed by atoms with Gasteiger partial charge in [0.2, 0.25) is 0 Å². The Balaban J connectivity index is 1.62. The van der Waals surface area contributed by atoms with E-state index in [0.717, 1.165) is 6.54 Å². The predicted molar refractivity (Wildman–Crippen MR) is 86.9 cm³/mol. The van der Waals surface area contributed by atoms with Gasteiger partial charge in [0.05, 0.1) is 6.04 Å². The molecule has 0 aliphatic carbocycles. The Hall–Kier alpha value is -1.84. The average molecular weight is 296 g/mol.